The van der Waals surface area contributed by atoms with Gasteiger partial charge < -0.3 is 9.47 Å². The third-order valence-electron chi connectivity index (χ3n) is 7.19. The molecule has 1 aromatic carbocycles. The van der Waals surface area contributed by atoms with E-state index in [1.54, 1.807) is 12.3 Å². The first-order valence-corrected chi connectivity index (χ1v) is 13.0. The molecule has 0 radical (unpaired) electrons. The Kier molecular flexibility index (Phi) is 6.41. The molecule has 0 N–H and O–H groups in total. The number of nitrogens with zero attached hydrogens (tertiary/aromatic N) is 2. The molecule has 3 heterocycles. The van der Waals surface area contributed by atoms with Crippen LogP contribution in [0.2, 0.25) is 0 Å². The van der Waals surface area contributed by atoms with E-state index in [2.05, 4.69) is 44.0 Å². The van der Waals surface area contributed by atoms with Crippen LogP contribution < -0.4 is 4.74 Å². The van der Waals surface area contributed by atoms with Crippen LogP contribution in [0.5, 0.6) is 5.88 Å². The minimum absolute atomic E-state index is 0.00306. The van der Waals surface area contributed by atoms with E-state index in [1.165, 1.54) is 41.9 Å². The second-order valence-electron chi connectivity index (χ2n) is 10.9. The third-order valence-corrected chi connectivity index (χ3v) is 8.16. The van der Waals surface area contributed by atoms with Gasteiger partial charge in [-0.3, -0.25) is 4.99 Å². The summed E-state index contributed by atoms with van der Waals surface area (Å²) in [7, 11) is 0. The number of aromatic nitrogens is 1. The van der Waals surface area contributed by atoms with Crippen molar-refractivity contribution in [1.82, 2.24) is 4.98 Å². The van der Waals surface area contributed by atoms with Crippen molar-refractivity contribution < 1.29 is 22.6 Å². The van der Waals surface area contributed by atoms with Gasteiger partial charge in [0, 0.05) is 51.8 Å². The predicted octanol–water partition coefficient (Wildman–Crippen LogP) is 7.60. The molecule has 0 bridgehead atoms. The van der Waals surface area contributed by atoms with E-state index >= 15 is 0 Å². The summed E-state index contributed by atoms with van der Waals surface area (Å²) in [4.78, 5) is 11.1. The maximum Gasteiger partial charge on any atom is 0.422 e. The van der Waals surface area contributed by atoms with E-state index in [9.17, 15) is 13.2 Å². The molecule has 2 aliphatic heterocycles. The number of ether oxygens (including phenoxy) is 2. The number of aliphatic imine (C=N–C) groups is 1. The minimum Gasteiger partial charge on any atom is -0.468 e. The lowest BCUT2D eigenvalue weighted by atomic mass is 9.72. The summed E-state index contributed by atoms with van der Waals surface area (Å²) in [6.07, 6.45) is 1.81. The van der Waals surface area contributed by atoms with E-state index < -0.39 is 12.8 Å². The molecule has 188 valence electrons. The lowest BCUT2D eigenvalue weighted by Crippen LogP contribution is -2.35. The molecule has 0 amide bonds. The Bertz CT molecular complexity index is 1100. The van der Waals surface area contributed by atoms with Gasteiger partial charge in [0.15, 0.2) is 6.61 Å². The highest BCUT2D eigenvalue weighted by Gasteiger charge is 2.62. The van der Waals surface area contributed by atoms with Crippen LogP contribution in [-0.2, 0) is 4.74 Å². The number of halogens is 3. The van der Waals surface area contributed by atoms with Crippen molar-refractivity contribution in [2.24, 2.45) is 21.7 Å². The minimum atomic E-state index is -4.38. The molecule has 35 heavy (non-hydrogen) atoms. The van der Waals surface area contributed by atoms with Gasteiger partial charge in [-0.05, 0) is 61.3 Å². The van der Waals surface area contributed by atoms with Gasteiger partial charge in [-0.25, -0.2) is 4.98 Å². The van der Waals surface area contributed by atoms with Crippen molar-refractivity contribution in [3.63, 3.8) is 0 Å². The number of fused-ring (bicyclic) bond motifs is 3. The van der Waals surface area contributed by atoms with Gasteiger partial charge in [0.05, 0.1) is 5.69 Å². The summed E-state index contributed by atoms with van der Waals surface area (Å²) in [6, 6.07) is 9.66. The Labute approximate surface area is 208 Å². The zero-order valence-electron chi connectivity index (χ0n) is 20.3. The van der Waals surface area contributed by atoms with Crippen molar-refractivity contribution in [2.45, 2.75) is 68.3 Å². The molecule has 2 atom stereocenters. The highest BCUT2D eigenvalue weighted by molar-refractivity contribution is 7.99. The van der Waals surface area contributed by atoms with Gasteiger partial charge in [0.25, 0.3) is 0 Å². The van der Waals surface area contributed by atoms with Crippen LogP contribution in [-0.4, -0.2) is 36.7 Å². The Hall–Kier alpha value is -2.06. The summed E-state index contributed by atoms with van der Waals surface area (Å²) in [5, 5.41) is 0. The first kappa shape index (κ1) is 24.6. The molecule has 2 unspecified atom stereocenters. The van der Waals surface area contributed by atoms with Crippen molar-refractivity contribution in [3.05, 3.63) is 42.1 Å². The normalized spacial score (nSPS) is 24.4. The van der Waals surface area contributed by atoms with Crippen molar-refractivity contribution in [2.75, 3.05) is 19.8 Å². The van der Waals surface area contributed by atoms with Crippen LogP contribution in [0, 0.1) is 16.7 Å². The fourth-order valence-corrected chi connectivity index (χ4v) is 6.51. The molecule has 3 aliphatic rings. The topological polar surface area (TPSA) is 43.7 Å². The van der Waals surface area contributed by atoms with Crippen LogP contribution >= 0.6 is 11.8 Å². The molecule has 1 saturated carbocycles. The van der Waals surface area contributed by atoms with E-state index in [0.717, 1.165) is 41.5 Å². The Morgan fingerprint density at radius 3 is 2.49 bits per heavy atom. The van der Waals surface area contributed by atoms with Gasteiger partial charge >= 0.3 is 6.18 Å². The molecule has 5 rings (SSSR count). The fourth-order valence-electron chi connectivity index (χ4n) is 5.69. The quantitative estimate of drug-likeness (QED) is 0.406. The van der Waals surface area contributed by atoms with Gasteiger partial charge in [-0.1, -0.05) is 38.6 Å². The molecule has 8 heteroatoms. The lowest BCUT2D eigenvalue weighted by molar-refractivity contribution is -0.154. The molecule has 2 aromatic rings. The maximum absolute atomic E-state index is 12.3. The van der Waals surface area contributed by atoms with Crippen molar-refractivity contribution >= 4 is 23.2 Å². The number of alkyl halides is 3. The summed E-state index contributed by atoms with van der Waals surface area (Å²) in [5.74, 6) is 1.19. The second kappa shape index (κ2) is 9.11. The standard InChI is InChI=1S/C27H31F3N2O2S/c1-25(2,3)24-26(13-17-8-10-33-11-9-17)14-21(26)20-6-4-18(12-22(20)32-24)35-19-5-7-23(31-15-19)34-16-27(28,29)30/h4-7,12,15,17,21H,8-11,13-14,16H2,1-3H3. The summed E-state index contributed by atoms with van der Waals surface area (Å²) < 4.78 is 47.3. The number of pyridine rings is 1. The van der Waals surface area contributed by atoms with Crippen molar-refractivity contribution in [3.8, 4) is 5.88 Å². The fraction of sp³-hybridized carbons (Fsp3) is 0.556. The third kappa shape index (κ3) is 5.38. The molecular weight excluding hydrogens is 473 g/mol. The van der Waals surface area contributed by atoms with Gasteiger partial charge in [0.1, 0.15) is 0 Å². The van der Waals surface area contributed by atoms with Crippen LogP contribution in [0.15, 0.2) is 51.3 Å². The maximum atomic E-state index is 12.3. The highest BCUT2D eigenvalue weighted by Crippen LogP contribution is 2.69. The molecule has 1 aromatic heterocycles. The average molecular weight is 505 g/mol. The highest BCUT2D eigenvalue weighted by atomic mass is 32.2. The van der Waals surface area contributed by atoms with Crippen LogP contribution in [0.25, 0.3) is 0 Å². The number of benzene rings is 1. The number of hydrogen-bond acceptors (Lipinski definition) is 5. The predicted molar refractivity (Wildman–Crippen MR) is 131 cm³/mol. The van der Waals surface area contributed by atoms with Gasteiger partial charge in [-0.15, -0.1) is 0 Å². The van der Waals surface area contributed by atoms with Crippen LogP contribution in [0.1, 0.15) is 57.9 Å². The summed E-state index contributed by atoms with van der Waals surface area (Å²) >= 11 is 1.52. The molecule has 4 nitrogen and oxygen atoms in total. The molecule has 0 spiro atoms. The molecular formula is C27H31F3N2O2S. The van der Waals surface area contributed by atoms with Crippen molar-refractivity contribution in [1.29, 1.82) is 0 Å². The van der Waals surface area contributed by atoms with E-state index in [4.69, 9.17) is 14.5 Å². The lowest BCUT2D eigenvalue weighted by Gasteiger charge is -2.36. The average Bonchev–Trinajstić information content (AvgIpc) is 3.52. The Morgan fingerprint density at radius 1 is 1.09 bits per heavy atom. The van der Waals surface area contributed by atoms with Gasteiger partial charge in [0.2, 0.25) is 5.88 Å². The summed E-state index contributed by atoms with van der Waals surface area (Å²) in [5.41, 5.74) is 3.88. The SMILES string of the molecule is CC(C)(C)C1=Nc2cc(Sc3ccc(OCC(F)(F)F)nc3)ccc2C2CC12CC1CCOCC1. The molecule has 1 aliphatic carbocycles. The summed E-state index contributed by atoms with van der Waals surface area (Å²) in [6.45, 7) is 7.20. The number of hydrogen-bond donors (Lipinski definition) is 0. The molecule has 2 fully saturated rings. The zero-order chi connectivity index (χ0) is 24.8. The first-order valence-electron chi connectivity index (χ1n) is 12.2. The smallest absolute Gasteiger partial charge is 0.422 e. The Morgan fingerprint density at radius 2 is 1.83 bits per heavy atom. The number of rotatable bonds is 6. The largest absolute Gasteiger partial charge is 0.468 e. The first-order chi connectivity index (χ1) is 16.5. The monoisotopic (exact) mass is 504 g/mol. The Balaban J connectivity index is 1.34. The van der Waals surface area contributed by atoms with Crippen LogP contribution in [0.3, 0.4) is 0 Å². The van der Waals surface area contributed by atoms with Crippen LogP contribution in [0.4, 0.5) is 18.9 Å². The van der Waals surface area contributed by atoms with E-state index in [-0.39, 0.29) is 16.7 Å². The zero-order valence-corrected chi connectivity index (χ0v) is 21.1. The van der Waals surface area contributed by atoms with E-state index in [1.807, 2.05) is 0 Å². The molecule has 1 saturated heterocycles. The second-order valence-corrected chi connectivity index (χ2v) is 12.1. The van der Waals surface area contributed by atoms with Gasteiger partial charge in [-0.2, -0.15) is 13.2 Å². The van der Waals surface area contributed by atoms with E-state index in [0.29, 0.717) is 11.8 Å².